The number of nitrogens with zero attached hydrogens (tertiary/aromatic N) is 3. The smallest absolute Gasteiger partial charge is 0.329 e. The molecule has 3 rings (SSSR count). The molecule has 0 amide bonds. The van der Waals surface area contributed by atoms with E-state index >= 15 is 0 Å². The van der Waals surface area contributed by atoms with Gasteiger partial charge in [0.1, 0.15) is 6.20 Å². The first-order chi connectivity index (χ1) is 13.6. The molecule has 0 saturated heterocycles. The van der Waals surface area contributed by atoms with Crippen molar-refractivity contribution in [1.29, 1.82) is 0 Å². The van der Waals surface area contributed by atoms with E-state index in [1.807, 2.05) is 24.3 Å². The van der Waals surface area contributed by atoms with Crippen molar-refractivity contribution in [2.45, 2.75) is 32.2 Å². The number of nitrogens with one attached hydrogen (secondary N) is 2. The molecule has 1 aliphatic carbocycles. The van der Waals surface area contributed by atoms with Crippen LogP contribution in [0, 0.1) is 22.0 Å². The molecule has 0 spiro atoms. The Balaban J connectivity index is 1.64. The lowest BCUT2D eigenvalue weighted by atomic mass is 9.82. The van der Waals surface area contributed by atoms with E-state index in [9.17, 15) is 10.1 Å². The minimum atomic E-state index is -0.466. The number of nitrogens with two attached hydrogens (primary N) is 2. The lowest BCUT2D eigenvalue weighted by Gasteiger charge is -2.27. The minimum Gasteiger partial charge on any atom is -0.398 e. The van der Waals surface area contributed by atoms with Crippen LogP contribution < -0.4 is 22.1 Å². The molecule has 1 aliphatic rings. The molecule has 0 aliphatic heterocycles. The highest BCUT2D eigenvalue weighted by Crippen LogP contribution is 2.29. The number of aromatic nitrogens is 2. The van der Waals surface area contributed by atoms with E-state index in [0.29, 0.717) is 36.6 Å². The molecule has 150 valence electrons. The van der Waals surface area contributed by atoms with Crippen molar-refractivity contribution in [3.63, 3.8) is 0 Å². The van der Waals surface area contributed by atoms with Gasteiger partial charge in [-0.3, -0.25) is 10.1 Å². The summed E-state index contributed by atoms with van der Waals surface area (Å²) in [5.74, 6) is 1.64. The molecule has 1 aromatic carbocycles. The number of anilines is 3. The van der Waals surface area contributed by atoms with Crippen LogP contribution in [0.4, 0.5) is 23.1 Å². The second-order valence-electron chi connectivity index (χ2n) is 7.24. The van der Waals surface area contributed by atoms with Crippen LogP contribution in [0.1, 0.15) is 31.2 Å². The van der Waals surface area contributed by atoms with E-state index in [2.05, 4.69) is 20.6 Å². The molecule has 1 saturated carbocycles. The molecular weight excluding hydrogens is 358 g/mol. The predicted octanol–water partition coefficient (Wildman–Crippen LogP) is 2.76. The zero-order valence-electron chi connectivity index (χ0n) is 15.8. The van der Waals surface area contributed by atoms with Crippen LogP contribution in [-0.2, 0) is 6.54 Å². The Bertz CT molecular complexity index is 807. The first-order valence-corrected chi connectivity index (χ1v) is 9.59. The summed E-state index contributed by atoms with van der Waals surface area (Å²) in [5, 5.41) is 17.6. The SMILES string of the molecule is NCC1CCC(CNc2nc(NCc3ccccc3N)ncc2[N+](=O)[O-])CC1. The molecule has 0 bridgehead atoms. The number of hydrogen-bond donors (Lipinski definition) is 4. The van der Waals surface area contributed by atoms with E-state index in [1.165, 1.54) is 6.20 Å². The van der Waals surface area contributed by atoms with Crippen LogP contribution in [0.5, 0.6) is 0 Å². The fourth-order valence-electron chi connectivity index (χ4n) is 3.51. The highest BCUT2D eigenvalue weighted by Gasteiger charge is 2.22. The maximum absolute atomic E-state index is 11.3. The molecule has 2 aromatic rings. The third-order valence-electron chi connectivity index (χ3n) is 5.32. The van der Waals surface area contributed by atoms with Gasteiger partial charge in [0.25, 0.3) is 0 Å². The molecular formula is C19H27N7O2. The van der Waals surface area contributed by atoms with Gasteiger partial charge in [-0.15, -0.1) is 0 Å². The first kappa shape index (κ1) is 19.8. The summed E-state index contributed by atoms with van der Waals surface area (Å²) in [5.41, 5.74) is 13.1. The Kier molecular flexibility index (Phi) is 6.59. The van der Waals surface area contributed by atoms with E-state index in [4.69, 9.17) is 11.5 Å². The maximum atomic E-state index is 11.3. The van der Waals surface area contributed by atoms with Gasteiger partial charge in [0.15, 0.2) is 0 Å². The molecule has 1 heterocycles. The van der Waals surface area contributed by atoms with E-state index in [-0.39, 0.29) is 11.5 Å². The number of rotatable bonds is 8. The average molecular weight is 385 g/mol. The highest BCUT2D eigenvalue weighted by atomic mass is 16.6. The molecule has 1 fully saturated rings. The summed E-state index contributed by atoms with van der Waals surface area (Å²) in [6, 6.07) is 7.49. The number of hydrogen-bond acceptors (Lipinski definition) is 8. The summed E-state index contributed by atoms with van der Waals surface area (Å²) in [6.07, 6.45) is 5.61. The van der Waals surface area contributed by atoms with Crippen molar-refractivity contribution in [3.05, 3.63) is 46.1 Å². The van der Waals surface area contributed by atoms with Crippen molar-refractivity contribution in [2.75, 3.05) is 29.5 Å². The molecule has 9 nitrogen and oxygen atoms in total. The van der Waals surface area contributed by atoms with Gasteiger partial charge in [0, 0.05) is 18.8 Å². The standard InChI is InChI=1S/C19H27N7O2/c20-9-13-5-7-14(8-6-13)10-22-18-17(26(27)28)12-24-19(25-18)23-11-15-3-1-2-4-16(15)21/h1-4,12-14H,5-11,20-21H2,(H2,22,23,24,25). The zero-order chi connectivity index (χ0) is 19.9. The van der Waals surface area contributed by atoms with Crippen LogP contribution in [-0.4, -0.2) is 28.0 Å². The monoisotopic (exact) mass is 385 g/mol. The van der Waals surface area contributed by atoms with Gasteiger partial charge in [-0.25, -0.2) is 4.98 Å². The number of nitro groups is 1. The summed E-state index contributed by atoms with van der Waals surface area (Å²) >= 11 is 0. The largest absolute Gasteiger partial charge is 0.398 e. The normalized spacial score (nSPS) is 19.2. The highest BCUT2D eigenvalue weighted by molar-refractivity contribution is 5.57. The van der Waals surface area contributed by atoms with Gasteiger partial charge < -0.3 is 22.1 Å². The van der Waals surface area contributed by atoms with Crippen LogP contribution >= 0.6 is 0 Å². The summed E-state index contributed by atoms with van der Waals surface area (Å²) in [6.45, 7) is 1.83. The van der Waals surface area contributed by atoms with E-state index < -0.39 is 4.92 Å². The Hall–Kier alpha value is -2.94. The number of benzene rings is 1. The summed E-state index contributed by atoms with van der Waals surface area (Å²) in [7, 11) is 0. The van der Waals surface area contributed by atoms with Crippen molar-refractivity contribution in [3.8, 4) is 0 Å². The lowest BCUT2D eigenvalue weighted by Crippen LogP contribution is -2.25. The van der Waals surface area contributed by atoms with Gasteiger partial charge in [0.05, 0.1) is 4.92 Å². The number of para-hydroxylation sites is 1. The van der Waals surface area contributed by atoms with Gasteiger partial charge in [-0.05, 0) is 55.7 Å². The molecule has 0 unspecified atom stereocenters. The fraction of sp³-hybridized carbons (Fsp3) is 0.474. The zero-order valence-corrected chi connectivity index (χ0v) is 15.8. The van der Waals surface area contributed by atoms with Gasteiger partial charge in [0.2, 0.25) is 11.8 Å². The average Bonchev–Trinajstić information content (AvgIpc) is 2.72. The van der Waals surface area contributed by atoms with Crippen molar-refractivity contribution in [2.24, 2.45) is 17.6 Å². The van der Waals surface area contributed by atoms with Crippen molar-refractivity contribution < 1.29 is 4.92 Å². The fourth-order valence-corrected chi connectivity index (χ4v) is 3.51. The van der Waals surface area contributed by atoms with Crippen LogP contribution in [0.2, 0.25) is 0 Å². The van der Waals surface area contributed by atoms with Crippen LogP contribution in [0.25, 0.3) is 0 Å². The number of nitrogen functional groups attached to an aromatic ring is 1. The second kappa shape index (κ2) is 9.32. The molecule has 1 aromatic heterocycles. The Morgan fingerprint density at radius 2 is 1.86 bits per heavy atom. The predicted molar refractivity (Wildman–Crippen MR) is 110 cm³/mol. The quantitative estimate of drug-likeness (QED) is 0.308. The van der Waals surface area contributed by atoms with Crippen LogP contribution in [0.3, 0.4) is 0 Å². The summed E-state index contributed by atoms with van der Waals surface area (Å²) < 4.78 is 0. The third kappa shape index (κ3) is 5.07. The molecule has 9 heteroatoms. The minimum absolute atomic E-state index is 0.125. The van der Waals surface area contributed by atoms with Crippen molar-refractivity contribution >= 4 is 23.1 Å². The Morgan fingerprint density at radius 3 is 2.54 bits per heavy atom. The lowest BCUT2D eigenvalue weighted by molar-refractivity contribution is -0.384. The van der Waals surface area contributed by atoms with Crippen LogP contribution in [0.15, 0.2) is 30.5 Å². The first-order valence-electron chi connectivity index (χ1n) is 9.59. The summed E-state index contributed by atoms with van der Waals surface area (Å²) in [4.78, 5) is 19.2. The van der Waals surface area contributed by atoms with Gasteiger partial charge in [-0.1, -0.05) is 18.2 Å². The maximum Gasteiger partial charge on any atom is 0.329 e. The Labute approximate surface area is 164 Å². The van der Waals surface area contributed by atoms with E-state index in [0.717, 1.165) is 37.8 Å². The third-order valence-corrected chi connectivity index (χ3v) is 5.32. The molecule has 6 N–H and O–H groups in total. The molecule has 0 radical (unpaired) electrons. The second-order valence-corrected chi connectivity index (χ2v) is 7.24. The van der Waals surface area contributed by atoms with Crippen molar-refractivity contribution in [1.82, 2.24) is 9.97 Å². The Morgan fingerprint density at radius 1 is 1.14 bits per heavy atom. The van der Waals surface area contributed by atoms with E-state index in [1.54, 1.807) is 0 Å². The van der Waals surface area contributed by atoms with Gasteiger partial charge in [-0.2, -0.15) is 4.98 Å². The topological polar surface area (TPSA) is 145 Å². The molecule has 28 heavy (non-hydrogen) atoms. The molecule has 0 atom stereocenters. The van der Waals surface area contributed by atoms with Gasteiger partial charge >= 0.3 is 5.69 Å².